The van der Waals surface area contributed by atoms with Crippen LogP contribution >= 0.6 is 0 Å². The molecule has 1 saturated carbocycles. The minimum absolute atomic E-state index is 0.00320. The van der Waals surface area contributed by atoms with Crippen LogP contribution in [0.5, 0.6) is 0 Å². The van der Waals surface area contributed by atoms with Crippen LogP contribution in [0.1, 0.15) is 102 Å². The fourth-order valence-corrected chi connectivity index (χ4v) is 10.1. The molecule has 0 aromatic heterocycles. The lowest BCUT2D eigenvalue weighted by Crippen LogP contribution is -2.68. The Balaban J connectivity index is 0.884. The molecule has 3 aliphatic rings. The molecule has 0 bridgehead atoms. The van der Waals surface area contributed by atoms with Gasteiger partial charge in [0.15, 0.2) is 18.5 Å². The van der Waals surface area contributed by atoms with Gasteiger partial charge in [-0.3, -0.25) is 28.8 Å². The number of unbranched alkanes of at least 4 members (excludes halogenated alkanes) is 3. The summed E-state index contributed by atoms with van der Waals surface area (Å²) >= 11 is 0. The third kappa shape index (κ3) is 13.3. The Hall–Kier alpha value is -5.68. The van der Waals surface area contributed by atoms with Crippen molar-refractivity contribution in [2.24, 2.45) is 10.8 Å². The molecule has 3 fully saturated rings. The number of ether oxygens (including phenoxy) is 6. The second kappa shape index (κ2) is 24.0. The van der Waals surface area contributed by atoms with E-state index in [4.69, 9.17) is 28.4 Å². The molecule has 2 aliphatic heterocycles. The largest absolute Gasteiger partial charge is 0.463 e. The van der Waals surface area contributed by atoms with Crippen molar-refractivity contribution >= 4 is 35.6 Å². The van der Waals surface area contributed by atoms with Gasteiger partial charge < -0.3 is 49.1 Å². The highest BCUT2D eigenvalue weighted by Crippen LogP contribution is 2.60. The number of aliphatic hydroxyl groups is 1. The van der Waals surface area contributed by atoms with Crippen molar-refractivity contribution in [1.29, 1.82) is 0 Å². The quantitative estimate of drug-likeness (QED) is 0.0463. The van der Waals surface area contributed by atoms with Crippen molar-refractivity contribution in [2.75, 3.05) is 46.1 Å². The predicted octanol–water partition coefficient (Wildman–Crippen LogP) is 5.12. The Morgan fingerprint density at radius 3 is 1.81 bits per heavy atom. The zero-order valence-electron chi connectivity index (χ0n) is 39.7. The molecule has 2 saturated heterocycles. The van der Waals surface area contributed by atoms with Crippen molar-refractivity contribution in [3.05, 3.63) is 108 Å². The number of likely N-dealkylation sites (tertiary alicyclic amines) is 1. The van der Waals surface area contributed by atoms with Crippen LogP contribution in [0.2, 0.25) is 0 Å². The van der Waals surface area contributed by atoms with Gasteiger partial charge in [-0.1, -0.05) is 97.4 Å². The smallest absolute Gasteiger partial charge is 0.303 e. The van der Waals surface area contributed by atoms with Crippen molar-refractivity contribution in [1.82, 2.24) is 15.5 Å². The summed E-state index contributed by atoms with van der Waals surface area (Å²) in [5.74, 6) is -2.48. The molecule has 5 unspecified atom stereocenters. The molecule has 6 rings (SSSR count). The first-order chi connectivity index (χ1) is 32.7. The molecule has 3 aromatic carbocycles. The van der Waals surface area contributed by atoms with E-state index in [1.807, 2.05) is 59.5 Å². The second-order valence-corrected chi connectivity index (χ2v) is 18.5. The van der Waals surface area contributed by atoms with Crippen molar-refractivity contribution in [2.45, 2.75) is 122 Å². The molecule has 3 N–H and O–H groups in total. The Bertz CT molecular complexity index is 2050. The van der Waals surface area contributed by atoms with Crippen LogP contribution in [0.25, 0.3) is 0 Å². The van der Waals surface area contributed by atoms with Gasteiger partial charge in [-0.25, -0.2) is 0 Å². The summed E-state index contributed by atoms with van der Waals surface area (Å²) in [6, 6.07) is 29.6. The van der Waals surface area contributed by atoms with E-state index >= 15 is 0 Å². The lowest BCUT2D eigenvalue weighted by molar-refractivity contribution is -0.277. The molecule has 16 heteroatoms. The van der Waals surface area contributed by atoms with E-state index in [2.05, 4.69) is 47.0 Å². The first kappa shape index (κ1) is 51.7. The van der Waals surface area contributed by atoms with Crippen LogP contribution in [0.3, 0.4) is 0 Å². The topological polar surface area (TPSA) is 205 Å². The SMILES string of the molecule is CC(=O)NC1C(OCCCCC(=O)NCCCCCC(=O)N2CC3(C2)CC(CO)(COC(c2ccccc2)(c2ccccc2)c2ccccc2)C3)OC(COC(C)=O)C(OC(C)=O)C1OC(C)=O. The highest BCUT2D eigenvalue weighted by Gasteiger charge is 2.61. The molecule has 3 aromatic rings. The maximum atomic E-state index is 13.2. The molecule has 2 heterocycles. The summed E-state index contributed by atoms with van der Waals surface area (Å²) < 4.78 is 35.1. The number of hydrogen-bond donors (Lipinski definition) is 3. The fraction of sp³-hybridized carbons (Fsp3) is 0.538. The van der Waals surface area contributed by atoms with Crippen molar-refractivity contribution < 1.29 is 62.3 Å². The Morgan fingerprint density at radius 1 is 0.721 bits per heavy atom. The minimum atomic E-state index is -1.21. The van der Waals surface area contributed by atoms with Gasteiger partial charge in [0, 0.05) is 77.6 Å². The number of amides is 3. The average molecular weight is 942 g/mol. The van der Waals surface area contributed by atoms with Crippen molar-refractivity contribution in [3.63, 3.8) is 0 Å². The molecule has 0 radical (unpaired) electrons. The number of benzene rings is 3. The van der Waals surface area contributed by atoms with Crippen LogP contribution in [-0.2, 0) is 62.8 Å². The van der Waals surface area contributed by atoms with Crippen molar-refractivity contribution in [3.8, 4) is 0 Å². The number of nitrogens with zero attached hydrogens (tertiary/aromatic N) is 1. The highest BCUT2D eigenvalue weighted by molar-refractivity contribution is 5.77. The number of carbonyl (C=O) groups is 6. The lowest BCUT2D eigenvalue weighted by Gasteiger charge is -2.64. The molecule has 16 nitrogen and oxygen atoms in total. The van der Waals surface area contributed by atoms with E-state index in [9.17, 15) is 33.9 Å². The van der Waals surface area contributed by atoms with Crippen LogP contribution in [0, 0.1) is 10.8 Å². The van der Waals surface area contributed by atoms with Crippen LogP contribution in [0.4, 0.5) is 0 Å². The molecule has 3 amide bonds. The maximum absolute atomic E-state index is 13.2. The molecule has 368 valence electrons. The highest BCUT2D eigenvalue weighted by atomic mass is 16.7. The number of carbonyl (C=O) groups excluding carboxylic acids is 6. The van der Waals surface area contributed by atoms with Crippen LogP contribution < -0.4 is 10.6 Å². The summed E-state index contributed by atoms with van der Waals surface area (Å²) in [7, 11) is 0. The van der Waals surface area contributed by atoms with Gasteiger partial charge in [0.25, 0.3) is 0 Å². The number of esters is 3. The number of rotatable bonds is 24. The standard InChI is InChI=1S/C52H67N3O13/c1-36(57)54-46-48(67-39(4)60)47(66-38(3)59)43(29-64-37(2)58)68-49(46)63-28-18-16-25-44(61)53-27-17-8-15-26-45(62)55-32-50(33-55)30-51(31-50,34-56)35-65-52(40-19-9-5-10-20-40,41-21-11-6-12-22-41)42-23-13-7-14-24-42/h5-7,9-14,19-24,43,46-49,56H,8,15-18,25-35H2,1-4H3,(H,53,61)(H,54,57). The molecule has 68 heavy (non-hydrogen) atoms. The van der Waals surface area contributed by atoms with Gasteiger partial charge in [-0.05, 0) is 55.2 Å². The normalized spacial score (nSPS) is 21.4. The molecule has 1 aliphatic carbocycles. The van der Waals surface area contributed by atoms with Gasteiger partial charge >= 0.3 is 17.9 Å². The minimum Gasteiger partial charge on any atom is -0.463 e. The average Bonchev–Trinajstić information content (AvgIpc) is 3.29. The third-order valence-corrected chi connectivity index (χ3v) is 12.9. The van der Waals surface area contributed by atoms with Gasteiger partial charge in [-0.2, -0.15) is 0 Å². The molecule has 5 atom stereocenters. The van der Waals surface area contributed by atoms with E-state index in [0.717, 1.165) is 55.7 Å². The van der Waals surface area contributed by atoms with Crippen LogP contribution in [0.15, 0.2) is 91.0 Å². The fourth-order valence-electron chi connectivity index (χ4n) is 10.1. The number of aliphatic hydroxyl groups excluding tert-OH is 1. The van der Waals surface area contributed by atoms with E-state index in [1.54, 1.807) is 0 Å². The monoisotopic (exact) mass is 941 g/mol. The summed E-state index contributed by atoms with van der Waals surface area (Å²) in [5, 5.41) is 16.4. The zero-order chi connectivity index (χ0) is 48.7. The van der Waals surface area contributed by atoms with Crippen LogP contribution in [-0.4, -0.2) is 122 Å². The van der Waals surface area contributed by atoms with E-state index in [-0.39, 0.29) is 43.5 Å². The van der Waals surface area contributed by atoms with E-state index in [0.29, 0.717) is 45.5 Å². The second-order valence-electron chi connectivity index (χ2n) is 18.5. The Morgan fingerprint density at radius 2 is 1.28 bits per heavy atom. The zero-order valence-corrected chi connectivity index (χ0v) is 39.7. The molecular weight excluding hydrogens is 875 g/mol. The van der Waals surface area contributed by atoms with Gasteiger partial charge in [0.1, 0.15) is 24.4 Å². The maximum Gasteiger partial charge on any atom is 0.303 e. The van der Waals surface area contributed by atoms with E-state index < -0.39 is 65.5 Å². The molecule has 1 spiro atoms. The predicted molar refractivity (Wildman–Crippen MR) is 248 cm³/mol. The Labute approximate surface area is 398 Å². The van der Waals surface area contributed by atoms with Gasteiger partial charge in [-0.15, -0.1) is 0 Å². The summed E-state index contributed by atoms with van der Waals surface area (Å²) in [5.41, 5.74) is 1.75. The lowest BCUT2D eigenvalue weighted by atomic mass is 9.50. The number of hydrogen-bond acceptors (Lipinski definition) is 13. The Kier molecular flexibility index (Phi) is 18.3. The summed E-state index contributed by atoms with van der Waals surface area (Å²) in [6.07, 6.45) is 0.761. The summed E-state index contributed by atoms with van der Waals surface area (Å²) in [6.45, 7) is 6.80. The third-order valence-electron chi connectivity index (χ3n) is 12.9. The molecular formula is C52H67N3O13. The van der Waals surface area contributed by atoms with Gasteiger partial charge in [0.05, 0.1) is 13.2 Å². The summed E-state index contributed by atoms with van der Waals surface area (Å²) in [4.78, 5) is 75.5. The first-order valence-corrected chi connectivity index (χ1v) is 23.7. The number of nitrogens with one attached hydrogen (secondary N) is 2. The first-order valence-electron chi connectivity index (χ1n) is 23.7. The van der Waals surface area contributed by atoms with E-state index in [1.165, 1.54) is 20.8 Å². The van der Waals surface area contributed by atoms with Gasteiger partial charge in [0.2, 0.25) is 17.7 Å².